The Balaban J connectivity index is 1.64. The summed E-state index contributed by atoms with van der Waals surface area (Å²) in [6, 6.07) is 8.51. The van der Waals surface area contributed by atoms with Crippen molar-refractivity contribution in [3.05, 3.63) is 57.0 Å². The molecule has 1 aliphatic heterocycles. The van der Waals surface area contributed by atoms with Crippen LogP contribution >= 0.6 is 34.7 Å². The molecule has 0 spiro atoms. The average molecular weight is 369 g/mol. The molecule has 0 bridgehead atoms. The van der Waals surface area contributed by atoms with Gasteiger partial charge in [-0.05, 0) is 23.6 Å². The van der Waals surface area contributed by atoms with Crippen LogP contribution in [0.4, 0.5) is 4.39 Å². The van der Waals surface area contributed by atoms with Gasteiger partial charge in [0.2, 0.25) is 5.91 Å². The summed E-state index contributed by atoms with van der Waals surface area (Å²) >= 11 is 8.95. The molecule has 2 heterocycles. The van der Waals surface area contributed by atoms with Crippen LogP contribution < -0.4 is 0 Å². The van der Waals surface area contributed by atoms with E-state index in [0.29, 0.717) is 41.0 Å². The Morgan fingerprint density at radius 3 is 3.00 bits per heavy atom. The lowest BCUT2D eigenvalue weighted by molar-refractivity contribution is -0.126. The summed E-state index contributed by atoms with van der Waals surface area (Å²) < 4.78 is 13.8. The molecular formula is C16H14ClFN2OS2. The molecule has 1 aromatic carbocycles. The van der Waals surface area contributed by atoms with Gasteiger partial charge < -0.3 is 0 Å². The molecule has 3 nitrogen and oxygen atoms in total. The fourth-order valence-electron chi connectivity index (χ4n) is 2.25. The smallest absolute Gasteiger partial charge is 0.233 e. The molecule has 2 aromatic rings. The Morgan fingerprint density at radius 1 is 1.39 bits per heavy atom. The van der Waals surface area contributed by atoms with Crippen LogP contribution in [0.15, 0.2) is 40.7 Å². The Hall–Kier alpha value is -1.37. The second kappa shape index (κ2) is 7.47. The number of nitrogens with zero attached hydrogens (tertiary/aromatic N) is 2. The number of amides is 1. The van der Waals surface area contributed by atoms with E-state index in [-0.39, 0.29) is 11.7 Å². The number of carbonyl (C=O) groups excluding carboxylic acids is 1. The average Bonchev–Trinajstić information content (AvgIpc) is 3.18. The number of carbonyl (C=O) groups is 1. The summed E-state index contributed by atoms with van der Waals surface area (Å²) in [5.74, 6) is 0.0449. The summed E-state index contributed by atoms with van der Waals surface area (Å²) in [6.45, 7) is 1.17. The predicted octanol–water partition coefficient (Wildman–Crippen LogP) is 4.21. The van der Waals surface area contributed by atoms with Crippen LogP contribution in [0.3, 0.4) is 0 Å². The summed E-state index contributed by atoms with van der Waals surface area (Å²) in [4.78, 5) is 19.5. The van der Waals surface area contributed by atoms with Gasteiger partial charge in [-0.15, -0.1) is 11.3 Å². The minimum atomic E-state index is -0.333. The second-order valence-corrected chi connectivity index (χ2v) is 7.34. The van der Waals surface area contributed by atoms with Gasteiger partial charge in [-0.2, -0.15) is 0 Å². The molecule has 1 amide bonds. The molecule has 1 aliphatic rings. The van der Waals surface area contributed by atoms with Gasteiger partial charge in [-0.25, -0.2) is 4.39 Å². The Bertz CT molecular complexity index is 713. The number of aliphatic imine (C=N–C) groups is 1. The molecule has 0 unspecified atom stereocenters. The fourth-order valence-corrected chi connectivity index (χ4v) is 4.35. The highest BCUT2D eigenvalue weighted by molar-refractivity contribution is 8.13. The summed E-state index contributed by atoms with van der Waals surface area (Å²) in [5, 5.41) is 3.00. The van der Waals surface area contributed by atoms with Gasteiger partial charge in [0, 0.05) is 27.8 Å². The molecule has 3 rings (SSSR count). The topological polar surface area (TPSA) is 32.7 Å². The lowest BCUT2D eigenvalue weighted by Crippen LogP contribution is -2.33. The van der Waals surface area contributed by atoms with E-state index in [9.17, 15) is 9.18 Å². The molecule has 0 saturated heterocycles. The van der Waals surface area contributed by atoms with Gasteiger partial charge in [0.15, 0.2) is 5.17 Å². The maximum atomic E-state index is 13.8. The minimum absolute atomic E-state index is 0.0239. The highest BCUT2D eigenvalue weighted by atomic mass is 35.5. The van der Waals surface area contributed by atoms with Crippen molar-refractivity contribution in [2.24, 2.45) is 4.99 Å². The Morgan fingerprint density at radius 2 is 2.26 bits per heavy atom. The third-order valence-electron chi connectivity index (χ3n) is 3.42. The van der Waals surface area contributed by atoms with Crippen LogP contribution in [0.5, 0.6) is 0 Å². The second-order valence-electron chi connectivity index (χ2n) is 4.95. The summed E-state index contributed by atoms with van der Waals surface area (Å²) in [7, 11) is 0. The third kappa shape index (κ3) is 3.94. The summed E-state index contributed by atoms with van der Waals surface area (Å²) in [6.07, 6.45) is 0.373. The number of rotatable bonds is 4. The summed E-state index contributed by atoms with van der Waals surface area (Å²) in [5.41, 5.74) is 0.444. The molecule has 0 atom stereocenters. The first-order chi connectivity index (χ1) is 11.1. The first kappa shape index (κ1) is 16.5. The lowest BCUT2D eigenvalue weighted by atomic mass is 10.2. The maximum Gasteiger partial charge on any atom is 0.233 e. The van der Waals surface area contributed by atoms with Crippen molar-refractivity contribution in [3.8, 4) is 0 Å². The van der Waals surface area contributed by atoms with Crippen molar-refractivity contribution in [1.82, 2.24) is 4.90 Å². The van der Waals surface area contributed by atoms with Gasteiger partial charge in [0.05, 0.1) is 13.0 Å². The molecule has 23 heavy (non-hydrogen) atoms. The zero-order valence-electron chi connectivity index (χ0n) is 12.2. The molecule has 0 aliphatic carbocycles. The Kier molecular flexibility index (Phi) is 5.35. The SMILES string of the molecule is O=C(Cc1cccs1)N1CCN=C1SCc1c(F)cccc1Cl. The standard InChI is InChI=1S/C16H14ClFN2OS2/c17-13-4-1-5-14(18)12(13)10-23-16-19-6-7-20(16)15(21)9-11-3-2-8-22-11/h1-5,8H,6-7,9-10H2. The van der Waals surface area contributed by atoms with E-state index in [1.807, 2.05) is 17.5 Å². The molecule has 1 aromatic heterocycles. The van der Waals surface area contributed by atoms with Gasteiger partial charge >= 0.3 is 0 Å². The zero-order chi connectivity index (χ0) is 16.2. The molecule has 0 N–H and O–H groups in total. The Labute approximate surface area is 147 Å². The molecule has 0 fully saturated rings. The van der Waals surface area contributed by atoms with E-state index in [2.05, 4.69) is 4.99 Å². The van der Waals surface area contributed by atoms with E-state index >= 15 is 0 Å². The van der Waals surface area contributed by atoms with E-state index in [1.54, 1.807) is 28.4 Å². The lowest BCUT2D eigenvalue weighted by Gasteiger charge is -2.17. The molecular weight excluding hydrogens is 355 g/mol. The number of thioether (sulfide) groups is 1. The number of amidine groups is 1. The van der Waals surface area contributed by atoms with E-state index in [4.69, 9.17) is 11.6 Å². The van der Waals surface area contributed by atoms with Gasteiger partial charge in [-0.1, -0.05) is 35.5 Å². The predicted molar refractivity (Wildman–Crippen MR) is 94.7 cm³/mol. The zero-order valence-corrected chi connectivity index (χ0v) is 14.6. The first-order valence-electron chi connectivity index (χ1n) is 7.08. The van der Waals surface area contributed by atoms with Crippen molar-refractivity contribution in [3.63, 3.8) is 0 Å². The van der Waals surface area contributed by atoms with Crippen LogP contribution in [0.2, 0.25) is 5.02 Å². The number of hydrogen-bond acceptors (Lipinski definition) is 4. The van der Waals surface area contributed by atoms with Crippen molar-refractivity contribution in [1.29, 1.82) is 0 Å². The van der Waals surface area contributed by atoms with Crippen LogP contribution in [-0.2, 0) is 17.0 Å². The fraction of sp³-hybridized carbons (Fsp3) is 0.250. The highest BCUT2D eigenvalue weighted by Crippen LogP contribution is 2.27. The number of thiophene rings is 1. The molecule has 0 radical (unpaired) electrons. The first-order valence-corrected chi connectivity index (χ1v) is 9.32. The van der Waals surface area contributed by atoms with Crippen molar-refractivity contribution >= 4 is 45.8 Å². The van der Waals surface area contributed by atoms with Crippen LogP contribution in [0.25, 0.3) is 0 Å². The van der Waals surface area contributed by atoms with Crippen LogP contribution in [-0.4, -0.2) is 29.1 Å². The van der Waals surface area contributed by atoms with Crippen LogP contribution in [0.1, 0.15) is 10.4 Å². The highest BCUT2D eigenvalue weighted by Gasteiger charge is 2.24. The number of hydrogen-bond donors (Lipinski definition) is 0. The minimum Gasteiger partial charge on any atom is -0.289 e. The third-order valence-corrected chi connectivity index (χ3v) is 5.69. The largest absolute Gasteiger partial charge is 0.289 e. The molecule has 0 saturated carbocycles. The maximum absolute atomic E-state index is 13.8. The van der Waals surface area contributed by atoms with E-state index < -0.39 is 0 Å². The van der Waals surface area contributed by atoms with Crippen LogP contribution in [0, 0.1) is 5.82 Å². The number of halogens is 2. The van der Waals surface area contributed by atoms with E-state index in [1.165, 1.54) is 17.8 Å². The van der Waals surface area contributed by atoms with Crippen molar-refractivity contribution in [2.45, 2.75) is 12.2 Å². The monoisotopic (exact) mass is 368 g/mol. The van der Waals surface area contributed by atoms with Crippen molar-refractivity contribution in [2.75, 3.05) is 13.1 Å². The number of benzene rings is 1. The van der Waals surface area contributed by atoms with Gasteiger partial charge in [0.1, 0.15) is 5.82 Å². The molecule has 120 valence electrons. The van der Waals surface area contributed by atoms with Crippen molar-refractivity contribution < 1.29 is 9.18 Å². The molecule has 7 heteroatoms. The van der Waals surface area contributed by atoms with E-state index in [0.717, 1.165) is 4.88 Å². The van der Waals surface area contributed by atoms with Gasteiger partial charge in [0.25, 0.3) is 0 Å². The quantitative estimate of drug-likeness (QED) is 0.809. The van der Waals surface area contributed by atoms with Gasteiger partial charge in [-0.3, -0.25) is 14.7 Å². The normalized spacial score (nSPS) is 14.2.